The van der Waals surface area contributed by atoms with Gasteiger partial charge in [-0.25, -0.2) is 4.98 Å². The van der Waals surface area contributed by atoms with Gasteiger partial charge in [-0.1, -0.05) is 0 Å². The summed E-state index contributed by atoms with van der Waals surface area (Å²) in [5.41, 5.74) is 5.97. The Kier molecular flexibility index (Phi) is 2.96. The van der Waals surface area contributed by atoms with Gasteiger partial charge in [0.15, 0.2) is 10.9 Å². The van der Waals surface area contributed by atoms with Gasteiger partial charge in [0.2, 0.25) is 0 Å². The van der Waals surface area contributed by atoms with E-state index in [1.165, 1.54) is 11.3 Å². The quantitative estimate of drug-likeness (QED) is 0.812. The highest BCUT2D eigenvalue weighted by atomic mass is 32.1. The number of nitrogen functional groups attached to an aromatic ring is 1. The van der Waals surface area contributed by atoms with Crippen LogP contribution in [0.3, 0.4) is 0 Å². The normalized spacial score (nSPS) is 22.6. The van der Waals surface area contributed by atoms with Crippen molar-refractivity contribution >= 4 is 22.4 Å². The highest BCUT2D eigenvalue weighted by Crippen LogP contribution is 2.31. The third-order valence-corrected chi connectivity index (χ3v) is 4.04. The zero-order valence-corrected chi connectivity index (χ0v) is 10.7. The molecule has 2 aliphatic rings. The number of anilines is 1. The van der Waals surface area contributed by atoms with Crippen LogP contribution in [0.15, 0.2) is 5.38 Å². The number of thiazole rings is 1. The molecule has 0 aliphatic carbocycles. The summed E-state index contributed by atoms with van der Waals surface area (Å²) in [5.74, 6) is -0.506. The monoisotopic (exact) mass is 269 g/mol. The fourth-order valence-electron chi connectivity index (χ4n) is 2.38. The van der Waals surface area contributed by atoms with Gasteiger partial charge in [0, 0.05) is 31.3 Å². The number of aromatic nitrogens is 1. The van der Waals surface area contributed by atoms with Crippen LogP contribution in [-0.2, 0) is 9.47 Å². The number of piperidine rings is 1. The minimum absolute atomic E-state index is 0.0594. The van der Waals surface area contributed by atoms with Gasteiger partial charge in [0.25, 0.3) is 5.91 Å². The van der Waals surface area contributed by atoms with Crippen LogP contribution < -0.4 is 5.73 Å². The van der Waals surface area contributed by atoms with Crippen molar-refractivity contribution in [2.45, 2.75) is 18.6 Å². The Bertz CT molecular complexity index is 446. The minimum Gasteiger partial charge on any atom is -0.375 e. The summed E-state index contributed by atoms with van der Waals surface area (Å²) in [6.07, 6.45) is 1.44. The van der Waals surface area contributed by atoms with Gasteiger partial charge < -0.3 is 20.1 Å². The summed E-state index contributed by atoms with van der Waals surface area (Å²) in [7, 11) is 0. The van der Waals surface area contributed by atoms with Gasteiger partial charge in [-0.2, -0.15) is 0 Å². The van der Waals surface area contributed by atoms with E-state index in [0.29, 0.717) is 37.1 Å². The Morgan fingerprint density at radius 3 is 2.61 bits per heavy atom. The summed E-state index contributed by atoms with van der Waals surface area (Å²) in [4.78, 5) is 17.9. The van der Waals surface area contributed by atoms with Crippen LogP contribution in [-0.4, -0.2) is 47.9 Å². The molecule has 1 spiro atoms. The van der Waals surface area contributed by atoms with Crippen molar-refractivity contribution in [1.29, 1.82) is 0 Å². The molecule has 1 aromatic rings. The molecule has 2 N–H and O–H groups in total. The summed E-state index contributed by atoms with van der Waals surface area (Å²) < 4.78 is 11.3. The Hall–Kier alpha value is -1.18. The second-order valence-electron chi connectivity index (χ2n) is 4.47. The van der Waals surface area contributed by atoms with Crippen molar-refractivity contribution in [1.82, 2.24) is 9.88 Å². The summed E-state index contributed by atoms with van der Waals surface area (Å²) in [6, 6.07) is 0. The van der Waals surface area contributed by atoms with E-state index in [-0.39, 0.29) is 5.91 Å². The number of nitrogens with two attached hydrogens (primary N) is 1. The zero-order valence-electron chi connectivity index (χ0n) is 9.92. The largest absolute Gasteiger partial charge is 0.375 e. The van der Waals surface area contributed by atoms with E-state index in [1.54, 1.807) is 10.3 Å². The molecule has 2 fully saturated rings. The van der Waals surface area contributed by atoms with E-state index < -0.39 is 5.79 Å². The summed E-state index contributed by atoms with van der Waals surface area (Å²) >= 11 is 1.29. The molecule has 0 saturated carbocycles. The highest BCUT2D eigenvalue weighted by molar-refractivity contribution is 7.13. The zero-order chi connectivity index (χ0) is 12.6. The molecule has 3 heterocycles. The lowest BCUT2D eigenvalue weighted by atomic mass is 10.0. The Labute approximate surface area is 109 Å². The van der Waals surface area contributed by atoms with Crippen LogP contribution >= 0.6 is 11.3 Å². The van der Waals surface area contributed by atoms with Crippen molar-refractivity contribution in [2.24, 2.45) is 0 Å². The summed E-state index contributed by atoms with van der Waals surface area (Å²) in [5, 5.41) is 2.12. The maximum atomic E-state index is 12.1. The number of amides is 1. The highest BCUT2D eigenvalue weighted by Gasteiger charge is 2.41. The lowest BCUT2D eigenvalue weighted by Gasteiger charge is -2.37. The van der Waals surface area contributed by atoms with Crippen LogP contribution in [0.2, 0.25) is 0 Å². The maximum absolute atomic E-state index is 12.1. The van der Waals surface area contributed by atoms with Crippen LogP contribution in [0.25, 0.3) is 0 Å². The van der Waals surface area contributed by atoms with E-state index >= 15 is 0 Å². The third-order valence-electron chi connectivity index (χ3n) is 3.37. The SMILES string of the molecule is Nc1nc(C(=O)N2CCC3(CC2)OCCO3)cs1. The molecular formula is C11H15N3O3S. The predicted molar refractivity (Wildman–Crippen MR) is 66.3 cm³/mol. The van der Waals surface area contributed by atoms with E-state index in [9.17, 15) is 4.79 Å². The molecule has 1 aromatic heterocycles. The number of ether oxygens (including phenoxy) is 2. The number of likely N-dealkylation sites (tertiary alicyclic amines) is 1. The van der Waals surface area contributed by atoms with Gasteiger partial charge in [-0.3, -0.25) is 4.79 Å². The molecule has 0 unspecified atom stereocenters. The number of carbonyl (C=O) groups excluding carboxylic acids is 1. The third kappa shape index (κ3) is 2.09. The van der Waals surface area contributed by atoms with Crippen LogP contribution in [0.4, 0.5) is 5.13 Å². The van der Waals surface area contributed by atoms with E-state index in [2.05, 4.69) is 4.98 Å². The van der Waals surface area contributed by atoms with Gasteiger partial charge >= 0.3 is 0 Å². The van der Waals surface area contributed by atoms with Crippen LogP contribution in [0.1, 0.15) is 23.3 Å². The molecule has 6 nitrogen and oxygen atoms in total. The molecular weight excluding hydrogens is 254 g/mol. The predicted octanol–water partition coefficient (Wildman–Crippen LogP) is 0.704. The molecule has 0 aromatic carbocycles. The van der Waals surface area contributed by atoms with Crippen LogP contribution in [0.5, 0.6) is 0 Å². The van der Waals surface area contributed by atoms with Gasteiger partial charge in [-0.05, 0) is 0 Å². The van der Waals surface area contributed by atoms with E-state index in [4.69, 9.17) is 15.2 Å². The number of hydrogen-bond donors (Lipinski definition) is 1. The molecule has 0 bridgehead atoms. The topological polar surface area (TPSA) is 77.7 Å². The fraction of sp³-hybridized carbons (Fsp3) is 0.636. The first-order chi connectivity index (χ1) is 8.69. The number of carbonyl (C=O) groups is 1. The maximum Gasteiger partial charge on any atom is 0.273 e. The smallest absolute Gasteiger partial charge is 0.273 e. The van der Waals surface area contributed by atoms with Crippen molar-refractivity contribution in [3.63, 3.8) is 0 Å². The van der Waals surface area contributed by atoms with E-state index in [1.807, 2.05) is 0 Å². The fourth-order valence-corrected chi connectivity index (χ4v) is 2.92. The van der Waals surface area contributed by atoms with Crippen molar-refractivity contribution in [3.8, 4) is 0 Å². The molecule has 2 saturated heterocycles. The second-order valence-corrected chi connectivity index (χ2v) is 5.36. The number of nitrogens with zero attached hydrogens (tertiary/aromatic N) is 2. The number of rotatable bonds is 1. The summed E-state index contributed by atoms with van der Waals surface area (Å²) in [6.45, 7) is 2.57. The molecule has 18 heavy (non-hydrogen) atoms. The average Bonchev–Trinajstić information content (AvgIpc) is 3.00. The van der Waals surface area contributed by atoms with Crippen molar-refractivity contribution < 1.29 is 14.3 Å². The first kappa shape index (κ1) is 11.9. The van der Waals surface area contributed by atoms with Crippen molar-refractivity contribution in [2.75, 3.05) is 32.0 Å². The Morgan fingerprint density at radius 1 is 1.39 bits per heavy atom. The minimum atomic E-state index is -0.447. The second kappa shape index (κ2) is 4.49. The molecule has 2 aliphatic heterocycles. The average molecular weight is 269 g/mol. The molecule has 0 atom stereocenters. The van der Waals surface area contributed by atoms with Gasteiger partial charge in [0.1, 0.15) is 5.69 Å². The van der Waals surface area contributed by atoms with Crippen molar-refractivity contribution in [3.05, 3.63) is 11.1 Å². The molecule has 7 heteroatoms. The Balaban J connectivity index is 1.64. The molecule has 3 rings (SSSR count). The lowest BCUT2D eigenvalue weighted by Crippen LogP contribution is -2.47. The van der Waals surface area contributed by atoms with Gasteiger partial charge in [0.05, 0.1) is 13.2 Å². The molecule has 1 amide bonds. The standard InChI is InChI=1S/C11H15N3O3S/c12-10-13-8(7-18-10)9(15)14-3-1-11(2-4-14)16-5-6-17-11/h7H,1-6H2,(H2,12,13). The molecule has 0 radical (unpaired) electrons. The lowest BCUT2D eigenvalue weighted by molar-refractivity contribution is -0.181. The van der Waals surface area contributed by atoms with Gasteiger partial charge in [-0.15, -0.1) is 11.3 Å². The first-order valence-corrected chi connectivity index (χ1v) is 6.85. The van der Waals surface area contributed by atoms with Crippen LogP contribution in [0, 0.1) is 0 Å². The van der Waals surface area contributed by atoms with E-state index in [0.717, 1.165) is 12.8 Å². The molecule has 98 valence electrons. The number of hydrogen-bond acceptors (Lipinski definition) is 6. The Morgan fingerprint density at radius 2 is 2.06 bits per heavy atom. The first-order valence-electron chi connectivity index (χ1n) is 5.97.